The molecular weight excluding hydrogens is 118 g/mol. The first-order chi connectivity index (χ1) is 4.31. The van der Waals surface area contributed by atoms with Crippen LogP contribution in [0, 0.1) is 0 Å². The summed E-state index contributed by atoms with van der Waals surface area (Å²) in [4.78, 5) is 2.19. The lowest BCUT2D eigenvalue weighted by molar-refractivity contribution is -0.232. The first-order valence-electron chi connectivity index (χ1n) is 3.27. The van der Waals surface area contributed by atoms with E-state index in [1.165, 1.54) is 0 Å². The van der Waals surface area contributed by atoms with E-state index < -0.39 is 0 Å². The summed E-state index contributed by atoms with van der Waals surface area (Å²) in [6.45, 7) is 3.42. The van der Waals surface area contributed by atoms with Gasteiger partial charge in [0.05, 0.1) is 26.3 Å². The van der Waals surface area contributed by atoms with Gasteiger partial charge in [0.15, 0.2) is 5.79 Å². The van der Waals surface area contributed by atoms with Crippen LogP contribution >= 0.6 is 0 Å². The van der Waals surface area contributed by atoms with Crippen LogP contribution in [0.2, 0.25) is 0 Å². The van der Waals surface area contributed by atoms with Crippen molar-refractivity contribution in [3.05, 3.63) is 0 Å². The van der Waals surface area contributed by atoms with Gasteiger partial charge in [0.25, 0.3) is 0 Å². The van der Waals surface area contributed by atoms with E-state index in [0.29, 0.717) is 0 Å². The van der Waals surface area contributed by atoms with Crippen LogP contribution in [0.3, 0.4) is 0 Å². The second kappa shape index (κ2) is 1.68. The fourth-order valence-corrected chi connectivity index (χ4v) is 1.46. The number of nitrogens with zero attached hydrogens (tertiary/aromatic N) is 1. The SMILES string of the molecule is CN1CC2(C1)OCCO2. The van der Waals surface area contributed by atoms with Gasteiger partial charge >= 0.3 is 0 Å². The minimum absolute atomic E-state index is 0.186. The summed E-state index contributed by atoms with van der Waals surface area (Å²) in [5, 5.41) is 0. The molecule has 2 fully saturated rings. The zero-order valence-corrected chi connectivity index (χ0v) is 5.59. The monoisotopic (exact) mass is 129 g/mol. The summed E-state index contributed by atoms with van der Waals surface area (Å²) >= 11 is 0. The van der Waals surface area contributed by atoms with Crippen LogP contribution in [0.1, 0.15) is 0 Å². The van der Waals surface area contributed by atoms with Gasteiger partial charge in [-0.3, -0.25) is 4.90 Å². The molecule has 0 radical (unpaired) electrons. The molecule has 3 nitrogen and oxygen atoms in total. The van der Waals surface area contributed by atoms with Gasteiger partial charge in [-0.2, -0.15) is 0 Å². The molecule has 3 heteroatoms. The van der Waals surface area contributed by atoms with Gasteiger partial charge in [-0.05, 0) is 7.05 Å². The highest BCUT2D eigenvalue weighted by Gasteiger charge is 2.46. The van der Waals surface area contributed by atoms with E-state index in [0.717, 1.165) is 26.3 Å². The standard InChI is InChI=1S/C6H11NO2/c1-7-4-6(5-7)8-2-3-9-6/h2-5H2,1H3. The molecule has 0 aromatic rings. The molecule has 52 valence electrons. The van der Waals surface area contributed by atoms with E-state index in [1.54, 1.807) is 0 Å². The highest BCUT2D eigenvalue weighted by molar-refractivity contribution is 4.89. The lowest BCUT2D eigenvalue weighted by atomic mass is 10.1. The Morgan fingerprint density at radius 1 is 1.22 bits per heavy atom. The molecule has 0 saturated carbocycles. The lowest BCUT2D eigenvalue weighted by Crippen LogP contribution is -2.60. The third-order valence-electron chi connectivity index (χ3n) is 1.84. The summed E-state index contributed by atoms with van der Waals surface area (Å²) < 4.78 is 10.8. The number of hydrogen-bond acceptors (Lipinski definition) is 3. The van der Waals surface area contributed by atoms with E-state index in [-0.39, 0.29) is 5.79 Å². The van der Waals surface area contributed by atoms with Crippen molar-refractivity contribution in [3.63, 3.8) is 0 Å². The average Bonchev–Trinajstić information content (AvgIpc) is 2.12. The van der Waals surface area contributed by atoms with E-state index in [2.05, 4.69) is 11.9 Å². The maximum atomic E-state index is 5.38. The molecule has 9 heavy (non-hydrogen) atoms. The zero-order chi connectivity index (χ0) is 6.32. The number of rotatable bonds is 0. The van der Waals surface area contributed by atoms with E-state index >= 15 is 0 Å². The molecule has 0 bridgehead atoms. The van der Waals surface area contributed by atoms with Crippen molar-refractivity contribution < 1.29 is 9.47 Å². The fourth-order valence-electron chi connectivity index (χ4n) is 1.46. The third-order valence-corrected chi connectivity index (χ3v) is 1.84. The molecule has 0 aromatic heterocycles. The van der Waals surface area contributed by atoms with Crippen molar-refractivity contribution in [2.75, 3.05) is 33.4 Å². The highest BCUT2D eigenvalue weighted by atomic mass is 16.7. The summed E-state index contributed by atoms with van der Waals surface area (Å²) in [6.07, 6.45) is 0. The van der Waals surface area contributed by atoms with Gasteiger partial charge in [-0.15, -0.1) is 0 Å². The Balaban J connectivity index is 1.95. The Morgan fingerprint density at radius 2 is 1.78 bits per heavy atom. The number of likely N-dealkylation sites (N-methyl/N-ethyl adjacent to an activating group) is 1. The fraction of sp³-hybridized carbons (Fsp3) is 1.00. The Morgan fingerprint density at radius 3 is 2.22 bits per heavy atom. The Bertz CT molecular complexity index is 112. The minimum Gasteiger partial charge on any atom is -0.345 e. The topological polar surface area (TPSA) is 21.7 Å². The molecule has 2 rings (SSSR count). The largest absolute Gasteiger partial charge is 0.345 e. The van der Waals surface area contributed by atoms with Crippen molar-refractivity contribution in [1.29, 1.82) is 0 Å². The predicted molar refractivity (Wildman–Crippen MR) is 32.1 cm³/mol. The van der Waals surface area contributed by atoms with Crippen LogP contribution in [-0.4, -0.2) is 44.0 Å². The Kier molecular flexibility index (Phi) is 1.06. The van der Waals surface area contributed by atoms with Crippen molar-refractivity contribution in [2.45, 2.75) is 5.79 Å². The summed E-state index contributed by atoms with van der Waals surface area (Å²) in [5.41, 5.74) is 0. The molecule has 0 amide bonds. The molecule has 2 heterocycles. The van der Waals surface area contributed by atoms with Gasteiger partial charge in [0, 0.05) is 0 Å². The average molecular weight is 129 g/mol. The maximum Gasteiger partial charge on any atom is 0.194 e. The van der Waals surface area contributed by atoms with Crippen LogP contribution in [-0.2, 0) is 9.47 Å². The van der Waals surface area contributed by atoms with Crippen molar-refractivity contribution in [2.24, 2.45) is 0 Å². The molecule has 0 unspecified atom stereocenters. The smallest absolute Gasteiger partial charge is 0.194 e. The van der Waals surface area contributed by atoms with E-state index in [4.69, 9.17) is 9.47 Å². The van der Waals surface area contributed by atoms with Crippen molar-refractivity contribution in [1.82, 2.24) is 4.90 Å². The summed E-state index contributed by atoms with van der Waals surface area (Å²) in [6, 6.07) is 0. The van der Waals surface area contributed by atoms with E-state index in [9.17, 15) is 0 Å². The van der Waals surface area contributed by atoms with Crippen LogP contribution in [0.5, 0.6) is 0 Å². The van der Waals surface area contributed by atoms with Gasteiger partial charge in [0.2, 0.25) is 0 Å². The molecule has 1 spiro atoms. The molecule has 0 aliphatic carbocycles. The van der Waals surface area contributed by atoms with Gasteiger partial charge in [-0.1, -0.05) is 0 Å². The van der Waals surface area contributed by atoms with E-state index in [1.807, 2.05) is 0 Å². The normalized spacial score (nSPS) is 33.0. The van der Waals surface area contributed by atoms with Crippen molar-refractivity contribution in [3.8, 4) is 0 Å². The number of likely N-dealkylation sites (tertiary alicyclic amines) is 1. The molecule has 2 saturated heterocycles. The first-order valence-corrected chi connectivity index (χ1v) is 3.27. The minimum atomic E-state index is -0.186. The first kappa shape index (κ1) is 5.65. The summed E-state index contributed by atoms with van der Waals surface area (Å²) in [7, 11) is 2.07. The Labute approximate surface area is 54.5 Å². The molecule has 2 aliphatic heterocycles. The molecule has 0 atom stereocenters. The zero-order valence-electron chi connectivity index (χ0n) is 5.59. The van der Waals surface area contributed by atoms with Crippen LogP contribution in [0.4, 0.5) is 0 Å². The van der Waals surface area contributed by atoms with Gasteiger partial charge < -0.3 is 9.47 Å². The predicted octanol–water partition coefficient (Wildman–Crippen LogP) is -0.325. The second-order valence-electron chi connectivity index (χ2n) is 2.78. The number of hydrogen-bond donors (Lipinski definition) is 0. The third kappa shape index (κ3) is 0.764. The van der Waals surface area contributed by atoms with Gasteiger partial charge in [0.1, 0.15) is 0 Å². The maximum absolute atomic E-state index is 5.38. The molecule has 0 aromatic carbocycles. The molecule has 2 aliphatic rings. The lowest BCUT2D eigenvalue weighted by Gasteiger charge is -2.43. The highest BCUT2D eigenvalue weighted by Crippen LogP contribution is 2.28. The Hall–Kier alpha value is -0.120. The van der Waals surface area contributed by atoms with Crippen LogP contribution in [0.25, 0.3) is 0 Å². The van der Waals surface area contributed by atoms with Crippen molar-refractivity contribution >= 4 is 0 Å². The molecular formula is C6H11NO2. The summed E-state index contributed by atoms with van der Waals surface area (Å²) in [5.74, 6) is -0.186. The van der Waals surface area contributed by atoms with Gasteiger partial charge in [-0.25, -0.2) is 0 Å². The number of ether oxygens (including phenoxy) is 2. The van der Waals surface area contributed by atoms with Crippen LogP contribution < -0.4 is 0 Å². The molecule has 0 N–H and O–H groups in total. The second-order valence-corrected chi connectivity index (χ2v) is 2.78. The van der Waals surface area contributed by atoms with Crippen LogP contribution in [0.15, 0.2) is 0 Å². The quantitative estimate of drug-likeness (QED) is 0.447.